The van der Waals surface area contributed by atoms with Crippen LogP contribution < -0.4 is 5.32 Å². The number of carboxylic acids is 1. The van der Waals surface area contributed by atoms with Crippen LogP contribution in [0.25, 0.3) is 0 Å². The normalized spacial score (nSPS) is 11.5. The van der Waals surface area contributed by atoms with Crippen LogP contribution in [0.4, 0.5) is 4.79 Å². The van der Waals surface area contributed by atoms with Crippen LogP contribution in [0.5, 0.6) is 0 Å². The molecule has 0 atom stereocenters. The van der Waals surface area contributed by atoms with Crippen molar-refractivity contribution in [2.24, 2.45) is 0 Å². The Hall–Kier alpha value is -1.30. The first-order valence-corrected chi connectivity index (χ1v) is 7.72. The number of nitrogens with zero attached hydrogens (tertiary/aromatic N) is 2. The highest BCUT2D eigenvalue weighted by atomic mass is 16.4. The summed E-state index contributed by atoms with van der Waals surface area (Å²) in [5.41, 5.74) is -0.395. The van der Waals surface area contributed by atoms with Crippen molar-refractivity contribution in [1.29, 1.82) is 0 Å². The lowest BCUT2D eigenvalue weighted by molar-refractivity contribution is -0.137. The van der Waals surface area contributed by atoms with E-state index >= 15 is 0 Å². The molecular weight excluding hydrogens is 270 g/mol. The third kappa shape index (κ3) is 8.55. The summed E-state index contributed by atoms with van der Waals surface area (Å²) in [5.74, 6) is -0.892. The number of hydrogen-bond acceptors (Lipinski definition) is 3. The average molecular weight is 301 g/mol. The first-order chi connectivity index (χ1) is 9.72. The first kappa shape index (κ1) is 19.7. The van der Waals surface area contributed by atoms with E-state index in [1.54, 1.807) is 4.90 Å². The van der Waals surface area contributed by atoms with Gasteiger partial charge in [0.05, 0.1) is 6.42 Å². The highest BCUT2D eigenvalue weighted by molar-refractivity contribution is 5.76. The first-order valence-electron chi connectivity index (χ1n) is 7.72. The zero-order chi connectivity index (χ0) is 16.5. The van der Waals surface area contributed by atoms with Crippen molar-refractivity contribution >= 4 is 12.0 Å². The lowest BCUT2D eigenvalue weighted by Gasteiger charge is -2.35. The Bertz CT molecular complexity index is 327. The topological polar surface area (TPSA) is 72.9 Å². The highest BCUT2D eigenvalue weighted by Gasteiger charge is 2.26. The Morgan fingerprint density at radius 1 is 1.10 bits per heavy atom. The van der Waals surface area contributed by atoms with Crippen molar-refractivity contribution in [2.45, 2.75) is 53.0 Å². The van der Waals surface area contributed by atoms with E-state index in [0.29, 0.717) is 6.54 Å². The maximum atomic E-state index is 12.2. The monoisotopic (exact) mass is 301 g/mol. The maximum absolute atomic E-state index is 12.2. The quantitative estimate of drug-likeness (QED) is 0.683. The Labute approximate surface area is 128 Å². The second-order valence-corrected chi connectivity index (χ2v) is 6.13. The van der Waals surface area contributed by atoms with Gasteiger partial charge in [-0.3, -0.25) is 4.79 Å². The van der Waals surface area contributed by atoms with Crippen LogP contribution in [0.3, 0.4) is 0 Å². The molecule has 0 aliphatic heterocycles. The molecule has 0 fully saturated rings. The van der Waals surface area contributed by atoms with E-state index in [1.807, 2.05) is 20.8 Å². The minimum Gasteiger partial charge on any atom is -0.481 e. The molecule has 0 unspecified atom stereocenters. The summed E-state index contributed by atoms with van der Waals surface area (Å²) in [7, 11) is 0. The number of amides is 2. The number of aliphatic carboxylic acids is 1. The fourth-order valence-electron chi connectivity index (χ4n) is 2.11. The van der Waals surface area contributed by atoms with Crippen molar-refractivity contribution < 1.29 is 14.7 Å². The van der Waals surface area contributed by atoms with E-state index in [0.717, 1.165) is 26.1 Å². The molecule has 21 heavy (non-hydrogen) atoms. The zero-order valence-electron chi connectivity index (χ0n) is 14.1. The molecule has 0 heterocycles. The van der Waals surface area contributed by atoms with Gasteiger partial charge in [-0.1, -0.05) is 13.8 Å². The van der Waals surface area contributed by atoms with Gasteiger partial charge in [0.15, 0.2) is 0 Å². The molecule has 0 saturated heterocycles. The van der Waals surface area contributed by atoms with Crippen LogP contribution in [0.2, 0.25) is 0 Å². The molecule has 0 aromatic rings. The molecule has 6 nitrogen and oxygen atoms in total. The Kier molecular flexibility index (Phi) is 9.01. The predicted octanol–water partition coefficient (Wildman–Crippen LogP) is 2.00. The smallest absolute Gasteiger partial charge is 0.317 e. The minimum atomic E-state index is -0.892. The molecule has 124 valence electrons. The van der Waals surface area contributed by atoms with Crippen LogP contribution in [-0.2, 0) is 4.79 Å². The van der Waals surface area contributed by atoms with Gasteiger partial charge in [0.1, 0.15) is 0 Å². The van der Waals surface area contributed by atoms with Gasteiger partial charge in [0, 0.05) is 25.2 Å². The van der Waals surface area contributed by atoms with Crippen LogP contribution in [0.1, 0.15) is 47.5 Å². The molecular formula is C15H31N3O3. The highest BCUT2D eigenvalue weighted by Crippen LogP contribution is 2.13. The van der Waals surface area contributed by atoms with E-state index in [2.05, 4.69) is 24.1 Å². The molecule has 0 aromatic heterocycles. The van der Waals surface area contributed by atoms with Crippen molar-refractivity contribution in [3.8, 4) is 0 Å². The number of hydrogen-bond donors (Lipinski definition) is 2. The summed E-state index contributed by atoms with van der Waals surface area (Å²) in [6.07, 6.45) is 1.05. The van der Waals surface area contributed by atoms with Crippen LogP contribution in [0, 0.1) is 0 Å². The largest absolute Gasteiger partial charge is 0.481 e. The third-order valence-electron chi connectivity index (χ3n) is 3.30. The van der Waals surface area contributed by atoms with E-state index in [-0.39, 0.29) is 19.0 Å². The molecule has 0 aliphatic rings. The van der Waals surface area contributed by atoms with Crippen molar-refractivity contribution in [3.63, 3.8) is 0 Å². The molecule has 0 aliphatic carbocycles. The van der Waals surface area contributed by atoms with E-state index in [1.165, 1.54) is 0 Å². The third-order valence-corrected chi connectivity index (χ3v) is 3.30. The van der Waals surface area contributed by atoms with E-state index in [9.17, 15) is 9.59 Å². The number of carboxylic acid groups (broad SMARTS) is 1. The fraction of sp³-hybridized carbons (Fsp3) is 0.867. The predicted molar refractivity (Wildman–Crippen MR) is 84.5 cm³/mol. The number of carbonyl (C=O) groups is 2. The Morgan fingerprint density at radius 3 is 2.14 bits per heavy atom. The summed E-state index contributed by atoms with van der Waals surface area (Å²) in [6.45, 7) is 13.5. The molecule has 0 rings (SSSR count). The molecule has 2 N–H and O–H groups in total. The summed E-state index contributed by atoms with van der Waals surface area (Å²) in [5, 5.41) is 11.7. The van der Waals surface area contributed by atoms with Gasteiger partial charge in [-0.25, -0.2) is 4.79 Å². The lowest BCUT2D eigenvalue weighted by Crippen LogP contribution is -2.52. The minimum absolute atomic E-state index is 0.0401. The molecule has 0 radical (unpaired) electrons. The Balaban J connectivity index is 4.38. The molecule has 0 saturated carbocycles. The van der Waals surface area contributed by atoms with Gasteiger partial charge in [-0.2, -0.15) is 0 Å². The summed E-state index contributed by atoms with van der Waals surface area (Å²) in [4.78, 5) is 26.8. The molecule has 2 amide bonds. The number of carbonyl (C=O) groups excluding carboxylic acids is 1. The van der Waals surface area contributed by atoms with Crippen molar-refractivity contribution in [1.82, 2.24) is 15.1 Å². The average Bonchev–Trinajstić information content (AvgIpc) is 2.35. The molecule has 0 aromatic carbocycles. The van der Waals surface area contributed by atoms with Gasteiger partial charge in [-0.05, 0) is 40.3 Å². The number of nitrogens with one attached hydrogen (secondary N) is 1. The zero-order valence-corrected chi connectivity index (χ0v) is 14.1. The number of rotatable bonds is 9. The second kappa shape index (κ2) is 9.60. The standard InChI is InChI=1S/C15H31N3O3/c1-6-10-17(7-2)12-9-16-14(21)18(15(3,4)5)11-8-13(19)20/h6-12H2,1-5H3,(H,16,21)(H,19,20). The van der Waals surface area contributed by atoms with Gasteiger partial charge < -0.3 is 20.2 Å². The van der Waals surface area contributed by atoms with E-state index in [4.69, 9.17) is 5.11 Å². The number of likely N-dealkylation sites (N-methyl/N-ethyl adjacent to an activating group) is 1. The molecule has 0 spiro atoms. The van der Waals surface area contributed by atoms with Crippen LogP contribution in [-0.4, -0.2) is 65.2 Å². The summed E-state index contributed by atoms with van der Waals surface area (Å²) >= 11 is 0. The Morgan fingerprint density at radius 2 is 1.71 bits per heavy atom. The van der Waals surface area contributed by atoms with Crippen LogP contribution in [0.15, 0.2) is 0 Å². The second-order valence-electron chi connectivity index (χ2n) is 6.13. The molecule has 6 heteroatoms. The van der Waals surface area contributed by atoms with Gasteiger partial charge in [0.25, 0.3) is 0 Å². The van der Waals surface area contributed by atoms with Crippen molar-refractivity contribution in [2.75, 3.05) is 32.7 Å². The summed E-state index contributed by atoms with van der Waals surface area (Å²) in [6, 6.07) is -0.198. The maximum Gasteiger partial charge on any atom is 0.317 e. The van der Waals surface area contributed by atoms with Gasteiger partial charge in [0.2, 0.25) is 0 Å². The number of urea groups is 1. The fourth-order valence-corrected chi connectivity index (χ4v) is 2.11. The van der Waals surface area contributed by atoms with E-state index < -0.39 is 11.5 Å². The summed E-state index contributed by atoms with van der Waals surface area (Å²) < 4.78 is 0. The van der Waals surface area contributed by atoms with Crippen molar-refractivity contribution in [3.05, 3.63) is 0 Å². The SMILES string of the molecule is CCCN(CC)CCNC(=O)N(CCC(=O)O)C(C)(C)C. The lowest BCUT2D eigenvalue weighted by atomic mass is 10.1. The van der Waals surface area contributed by atoms with Gasteiger partial charge >= 0.3 is 12.0 Å². The van der Waals surface area contributed by atoms with Crippen LogP contribution >= 0.6 is 0 Å². The molecule has 0 bridgehead atoms. The van der Waals surface area contributed by atoms with Gasteiger partial charge in [-0.15, -0.1) is 0 Å².